The first-order chi connectivity index (χ1) is 7.22. The van der Waals surface area contributed by atoms with E-state index in [1.54, 1.807) is 0 Å². The number of nitrogens with one attached hydrogen (secondary N) is 1. The first kappa shape index (κ1) is 11.7. The summed E-state index contributed by atoms with van der Waals surface area (Å²) in [5.41, 5.74) is 1.88. The molecule has 1 aromatic carbocycles. The van der Waals surface area contributed by atoms with Gasteiger partial charge in [-0.3, -0.25) is 4.79 Å². The zero-order valence-electron chi connectivity index (χ0n) is 8.95. The van der Waals surface area contributed by atoms with Crippen LogP contribution in [0.15, 0.2) is 24.3 Å². The van der Waals surface area contributed by atoms with Crippen LogP contribution in [-0.4, -0.2) is 26.4 Å². The molecular formula is C11H15NO3. The highest BCUT2D eigenvalue weighted by Gasteiger charge is 2.01. The van der Waals surface area contributed by atoms with Gasteiger partial charge in [0.15, 0.2) is 0 Å². The molecule has 0 spiro atoms. The molecule has 1 aromatic rings. The van der Waals surface area contributed by atoms with Gasteiger partial charge in [0, 0.05) is 12.8 Å². The number of carbonyl (C=O) groups excluding carboxylic acids is 1. The molecule has 0 heterocycles. The van der Waals surface area contributed by atoms with Crippen molar-refractivity contribution in [2.75, 3.05) is 25.8 Å². The highest BCUT2D eigenvalue weighted by atomic mass is 16.7. The van der Waals surface area contributed by atoms with Crippen molar-refractivity contribution in [2.24, 2.45) is 0 Å². The smallest absolute Gasteiger partial charge is 0.250 e. The second-order valence-electron chi connectivity index (χ2n) is 3.17. The van der Waals surface area contributed by atoms with Crippen LogP contribution in [0.25, 0.3) is 0 Å². The Balaban J connectivity index is 2.37. The molecule has 0 unspecified atom stereocenters. The zero-order valence-corrected chi connectivity index (χ0v) is 8.95. The Morgan fingerprint density at radius 3 is 2.93 bits per heavy atom. The standard InChI is InChI=1S/C11H15NO3/c1-9-4-3-5-10(6-9)12-11(13)7-15-8-14-2/h3-6H,7-8H2,1-2H3,(H,12,13). The maximum absolute atomic E-state index is 11.3. The molecule has 4 heteroatoms. The maximum atomic E-state index is 11.3. The second-order valence-corrected chi connectivity index (χ2v) is 3.17. The van der Waals surface area contributed by atoms with Crippen LogP contribution >= 0.6 is 0 Å². The van der Waals surface area contributed by atoms with Crippen LogP contribution in [0.4, 0.5) is 5.69 Å². The fourth-order valence-corrected chi connectivity index (χ4v) is 1.14. The van der Waals surface area contributed by atoms with Crippen molar-refractivity contribution >= 4 is 11.6 Å². The van der Waals surface area contributed by atoms with Crippen molar-refractivity contribution in [2.45, 2.75) is 6.92 Å². The number of carbonyl (C=O) groups is 1. The predicted octanol–water partition coefficient (Wildman–Crippen LogP) is 1.55. The number of hydrogen-bond acceptors (Lipinski definition) is 3. The molecule has 0 aromatic heterocycles. The number of ether oxygens (including phenoxy) is 2. The van der Waals surface area contributed by atoms with Gasteiger partial charge in [0.1, 0.15) is 13.4 Å². The highest BCUT2D eigenvalue weighted by molar-refractivity contribution is 5.91. The first-order valence-corrected chi connectivity index (χ1v) is 4.65. The molecule has 0 radical (unpaired) electrons. The molecular weight excluding hydrogens is 194 g/mol. The Labute approximate surface area is 89.2 Å². The summed E-state index contributed by atoms with van der Waals surface area (Å²) in [6.07, 6.45) is 0. The molecule has 0 fully saturated rings. The number of aryl methyl sites for hydroxylation is 1. The molecule has 0 saturated heterocycles. The fourth-order valence-electron chi connectivity index (χ4n) is 1.14. The number of hydrogen-bond donors (Lipinski definition) is 1. The number of benzene rings is 1. The molecule has 0 bridgehead atoms. The third kappa shape index (κ3) is 4.58. The highest BCUT2D eigenvalue weighted by Crippen LogP contribution is 2.08. The number of rotatable bonds is 5. The summed E-state index contributed by atoms with van der Waals surface area (Å²) in [6, 6.07) is 7.59. The molecule has 0 aliphatic rings. The molecule has 0 aliphatic carbocycles. The average Bonchev–Trinajstić information content (AvgIpc) is 2.18. The lowest BCUT2D eigenvalue weighted by molar-refractivity contribution is -0.125. The van der Waals surface area contributed by atoms with E-state index < -0.39 is 0 Å². The van der Waals surface area contributed by atoms with E-state index in [-0.39, 0.29) is 19.3 Å². The third-order valence-electron chi connectivity index (χ3n) is 1.74. The Morgan fingerprint density at radius 2 is 2.27 bits per heavy atom. The van der Waals surface area contributed by atoms with Gasteiger partial charge in [0.25, 0.3) is 0 Å². The lowest BCUT2D eigenvalue weighted by atomic mass is 10.2. The van der Waals surface area contributed by atoms with E-state index in [2.05, 4.69) is 10.1 Å². The van der Waals surface area contributed by atoms with Gasteiger partial charge in [-0.1, -0.05) is 12.1 Å². The summed E-state index contributed by atoms with van der Waals surface area (Å²) in [5, 5.41) is 2.72. The molecule has 0 saturated carbocycles. The molecule has 4 nitrogen and oxygen atoms in total. The van der Waals surface area contributed by atoms with Gasteiger partial charge in [0.2, 0.25) is 5.91 Å². The van der Waals surface area contributed by atoms with Gasteiger partial charge >= 0.3 is 0 Å². The minimum Gasteiger partial charge on any atom is -0.359 e. The van der Waals surface area contributed by atoms with Crippen molar-refractivity contribution < 1.29 is 14.3 Å². The molecule has 15 heavy (non-hydrogen) atoms. The normalized spacial score (nSPS) is 10.0. The Hall–Kier alpha value is -1.39. The van der Waals surface area contributed by atoms with E-state index in [0.717, 1.165) is 11.3 Å². The zero-order chi connectivity index (χ0) is 11.1. The monoisotopic (exact) mass is 209 g/mol. The topological polar surface area (TPSA) is 47.6 Å². The lowest BCUT2D eigenvalue weighted by Gasteiger charge is -2.06. The SMILES string of the molecule is COCOCC(=O)Nc1cccc(C)c1. The van der Waals surface area contributed by atoms with Gasteiger partial charge < -0.3 is 14.8 Å². The summed E-state index contributed by atoms with van der Waals surface area (Å²) in [4.78, 5) is 11.3. The summed E-state index contributed by atoms with van der Waals surface area (Å²) < 4.78 is 9.57. The van der Waals surface area contributed by atoms with Crippen LogP contribution in [0.2, 0.25) is 0 Å². The Kier molecular flexibility index (Phi) is 4.80. The first-order valence-electron chi connectivity index (χ1n) is 4.65. The maximum Gasteiger partial charge on any atom is 0.250 e. The van der Waals surface area contributed by atoms with E-state index in [1.807, 2.05) is 31.2 Å². The van der Waals surface area contributed by atoms with E-state index in [1.165, 1.54) is 7.11 Å². The van der Waals surface area contributed by atoms with Gasteiger partial charge in [-0.2, -0.15) is 0 Å². The number of amides is 1. The summed E-state index contributed by atoms with van der Waals surface area (Å²) >= 11 is 0. The quantitative estimate of drug-likeness (QED) is 0.591. The minimum atomic E-state index is -0.183. The van der Waals surface area contributed by atoms with Crippen molar-refractivity contribution in [3.05, 3.63) is 29.8 Å². The summed E-state index contributed by atoms with van der Waals surface area (Å²) in [7, 11) is 1.51. The van der Waals surface area contributed by atoms with E-state index in [9.17, 15) is 4.79 Å². The molecule has 82 valence electrons. The summed E-state index contributed by atoms with van der Waals surface area (Å²) in [6.45, 7) is 2.10. The van der Waals surface area contributed by atoms with Crippen LogP contribution in [0, 0.1) is 6.92 Å². The van der Waals surface area contributed by atoms with Crippen LogP contribution in [-0.2, 0) is 14.3 Å². The molecule has 1 N–H and O–H groups in total. The molecule has 0 aliphatic heterocycles. The van der Waals surface area contributed by atoms with Crippen LogP contribution < -0.4 is 5.32 Å². The molecule has 1 rings (SSSR count). The fraction of sp³-hybridized carbons (Fsp3) is 0.364. The largest absolute Gasteiger partial charge is 0.359 e. The van der Waals surface area contributed by atoms with Crippen LogP contribution in [0.5, 0.6) is 0 Å². The van der Waals surface area contributed by atoms with Crippen molar-refractivity contribution in [3.8, 4) is 0 Å². The van der Waals surface area contributed by atoms with E-state index >= 15 is 0 Å². The predicted molar refractivity (Wildman–Crippen MR) is 57.6 cm³/mol. The van der Waals surface area contributed by atoms with Crippen LogP contribution in [0.3, 0.4) is 0 Å². The Bertz CT molecular complexity index is 325. The van der Waals surface area contributed by atoms with E-state index in [0.29, 0.717) is 0 Å². The Morgan fingerprint density at radius 1 is 1.47 bits per heavy atom. The second kappa shape index (κ2) is 6.16. The molecule has 0 atom stereocenters. The van der Waals surface area contributed by atoms with Gasteiger partial charge in [-0.05, 0) is 24.6 Å². The van der Waals surface area contributed by atoms with Gasteiger partial charge in [-0.25, -0.2) is 0 Å². The van der Waals surface area contributed by atoms with E-state index in [4.69, 9.17) is 4.74 Å². The van der Waals surface area contributed by atoms with Gasteiger partial charge in [-0.15, -0.1) is 0 Å². The van der Waals surface area contributed by atoms with Crippen molar-refractivity contribution in [3.63, 3.8) is 0 Å². The van der Waals surface area contributed by atoms with Crippen molar-refractivity contribution in [1.82, 2.24) is 0 Å². The minimum absolute atomic E-state index is 0.00177. The van der Waals surface area contributed by atoms with Crippen molar-refractivity contribution in [1.29, 1.82) is 0 Å². The number of methoxy groups -OCH3 is 1. The number of anilines is 1. The average molecular weight is 209 g/mol. The lowest BCUT2D eigenvalue weighted by Crippen LogP contribution is -2.18. The van der Waals surface area contributed by atoms with Crippen LogP contribution in [0.1, 0.15) is 5.56 Å². The third-order valence-corrected chi connectivity index (χ3v) is 1.74. The summed E-state index contributed by atoms with van der Waals surface area (Å²) in [5.74, 6) is -0.183. The van der Waals surface area contributed by atoms with Gasteiger partial charge in [0.05, 0.1) is 0 Å². The molecule has 1 amide bonds.